The van der Waals surface area contributed by atoms with Gasteiger partial charge in [-0.25, -0.2) is 9.97 Å². The Kier molecular flexibility index (Phi) is 5.74. The Balaban J connectivity index is 1.29. The monoisotopic (exact) mass is 718 g/mol. The summed E-state index contributed by atoms with van der Waals surface area (Å²) in [4.78, 5) is 33.3. The van der Waals surface area contributed by atoms with E-state index in [2.05, 4.69) is 175 Å². The SMILES string of the molecule is c1ccc2cc3c4nc5[nH]c([nH]c6[nH]c([nH]c7[nH]c(nc([nH]4)c3cc2c1)c1cc2ccccc2cc71)c1cc2ccccc2cc61)c1cc2ccccc2cc51. The maximum atomic E-state index is 5.40. The molecule has 13 aromatic rings. The van der Waals surface area contributed by atoms with Gasteiger partial charge in [-0.3, -0.25) is 0 Å². The number of aromatic amines is 6. The highest BCUT2D eigenvalue weighted by atomic mass is 15.0. The van der Waals surface area contributed by atoms with Gasteiger partial charge in [-0.1, -0.05) is 97.1 Å². The van der Waals surface area contributed by atoms with Crippen molar-refractivity contribution in [3.05, 3.63) is 146 Å². The van der Waals surface area contributed by atoms with Crippen LogP contribution in [0.15, 0.2) is 146 Å². The van der Waals surface area contributed by atoms with Gasteiger partial charge in [-0.05, 0) is 91.6 Å². The van der Waals surface area contributed by atoms with Crippen LogP contribution in [0.5, 0.6) is 0 Å². The standard InChI is InChI=1S/C48H30N8/c1-2-10-26-18-34-33(17-25(26)9-1)41-49-42(34)54-44-37-21-29-13-5-6-14-30(29)22-38(37)46(51-44)56-48-40-24-32-16-8-7-15-31(32)23-39(40)47(52-48)55-45-36-20-28-12-4-3-11-27(28)19-35(36)43(50-45)53-41/h1-24,49-51,53-54H,(H,52,55,56). The first-order valence-corrected chi connectivity index (χ1v) is 18.8. The van der Waals surface area contributed by atoms with Crippen molar-refractivity contribution in [2.24, 2.45) is 0 Å². The third kappa shape index (κ3) is 4.29. The molecule has 5 heterocycles. The second-order valence-electron chi connectivity index (χ2n) is 14.8. The molecule has 262 valence electrons. The Hall–Kier alpha value is -7.84. The van der Waals surface area contributed by atoms with E-state index in [-0.39, 0.29) is 0 Å². The summed E-state index contributed by atoms with van der Waals surface area (Å²) in [5.74, 6) is 0. The van der Waals surface area contributed by atoms with Crippen LogP contribution < -0.4 is 0 Å². The topological polar surface area (TPSA) is 121 Å². The molecule has 8 aromatic carbocycles. The van der Waals surface area contributed by atoms with Crippen LogP contribution in [-0.2, 0) is 0 Å². The van der Waals surface area contributed by atoms with E-state index in [1.54, 1.807) is 0 Å². The Morgan fingerprint density at radius 2 is 0.446 bits per heavy atom. The lowest BCUT2D eigenvalue weighted by Gasteiger charge is -1.99. The minimum absolute atomic E-state index is 0.734. The van der Waals surface area contributed by atoms with E-state index in [1.807, 2.05) is 0 Å². The number of rotatable bonds is 0. The molecule has 8 bridgehead atoms. The smallest absolute Gasteiger partial charge is 0.142 e. The third-order valence-corrected chi connectivity index (χ3v) is 11.6. The number of hydrogen-bond acceptors (Lipinski definition) is 2. The molecule has 0 atom stereocenters. The molecule has 0 saturated heterocycles. The summed E-state index contributed by atoms with van der Waals surface area (Å²) in [7, 11) is 0. The highest BCUT2D eigenvalue weighted by Crippen LogP contribution is 2.35. The van der Waals surface area contributed by atoms with Gasteiger partial charge in [-0.15, -0.1) is 0 Å². The first-order valence-electron chi connectivity index (χ1n) is 18.8. The number of hydrogen-bond donors (Lipinski definition) is 6. The van der Waals surface area contributed by atoms with Crippen LogP contribution in [0.2, 0.25) is 0 Å². The Bertz CT molecular complexity index is 3200. The van der Waals surface area contributed by atoms with Gasteiger partial charge in [0.2, 0.25) is 0 Å². The normalized spacial score (nSPS) is 12.3. The second-order valence-corrected chi connectivity index (χ2v) is 14.8. The average Bonchev–Trinajstić information content (AvgIpc) is 3.95. The molecule has 8 heteroatoms. The number of aromatic nitrogens is 8. The fourth-order valence-corrected chi connectivity index (χ4v) is 8.81. The molecule has 8 nitrogen and oxygen atoms in total. The van der Waals surface area contributed by atoms with E-state index in [9.17, 15) is 0 Å². The van der Waals surface area contributed by atoms with E-state index in [0.717, 1.165) is 131 Å². The van der Waals surface area contributed by atoms with Crippen LogP contribution in [-0.4, -0.2) is 39.9 Å². The summed E-state index contributed by atoms with van der Waals surface area (Å²) in [6.45, 7) is 0. The van der Waals surface area contributed by atoms with E-state index < -0.39 is 0 Å². The number of nitrogens with one attached hydrogen (secondary N) is 6. The molecular weight excluding hydrogens is 689 g/mol. The summed E-state index contributed by atoms with van der Waals surface area (Å²) in [5, 5.41) is 17.5. The lowest BCUT2D eigenvalue weighted by Crippen LogP contribution is -1.79. The average molecular weight is 719 g/mol. The fraction of sp³-hybridized carbons (Fsp3) is 0. The van der Waals surface area contributed by atoms with Crippen molar-refractivity contribution in [2.45, 2.75) is 0 Å². The predicted octanol–water partition coefficient (Wildman–Crippen LogP) is 12.5. The zero-order valence-corrected chi connectivity index (χ0v) is 29.8. The van der Waals surface area contributed by atoms with Gasteiger partial charge >= 0.3 is 0 Å². The molecule has 6 N–H and O–H groups in total. The molecule has 0 aliphatic heterocycles. The van der Waals surface area contributed by atoms with Crippen LogP contribution in [0.4, 0.5) is 0 Å². The summed E-state index contributed by atoms with van der Waals surface area (Å²) in [5.41, 5.74) is 6.41. The van der Waals surface area contributed by atoms with Gasteiger partial charge in [0.15, 0.2) is 0 Å². The highest BCUT2D eigenvalue weighted by molar-refractivity contribution is 6.17. The quantitative estimate of drug-likeness (QED) is 0.0935. The summed E-state index contributed by atoms with van der Waals surface area (Å²) in [6.07, 6.45) is 0. The van der Waals surface area contributed by atoms with Crippen molar-refractivity contribution in [1.29, 1.82) is 0 Å². The first kappa shape index (κ1) is 29.6. The van der Waals surface area contributed by atoms with Crippen LogP contribution in [0.1, 0.15) is 0 Å². The van der Waals surface area contributed by atoms with E-state index >= 15 is 0 Å². The van der Waals surface area contributed by atoms with Crippen LogP contribution in [0.25, 0.3) is 131 Å². The third-order valence-electron chi connectivity index (χ3n) is 11.6. The Morgan fingerprint density at radius 3 is 0.750 bits per heavy atom. The maximum absolute atomic E-state index is 5.40. The molecule has 0 aliphatic carbocycles. The van der Waals surface area contributed by atoms with E-state index in [0.29, 0.717) is 0 Å². The molecule has 56 heavy (non-hydrogen) atoms. The summed E-state index contributed by atoms with van der Waals surface area (Å²) in [6, 6.07) is 51.8. The molecular formula is C48H30N8. The van der Waals surface area contributed by atoms with Crippen molar-refractivity contribution < 1.29 is 0 Å². The molecule has 13 rings (SSSR count). The zero-order valence-electron chi connectivity index (χ0n) is 29.8. The van der Waals surface area contributed by atoms with Crippen molar-refractivity contribution in [3.8, 4) is 0 Å². The first-order chi connectivity index (χ1) is 27.7. The van der Waals surface area contributed by atoms with Crippen LogP contribution >= 0.6 is 0 Å². The highest BCUT2D eigenvalue weighted by Gasteiger charge is 2.14. The maximum Gasteiger partial charge on any atom is 0.142 e. The van der Waals surface area contributed by atoms with Crippen molar-refractivity contribution in [2.75, 3.05) is 0 Å². The van der Waals surface area contributed by atoms with Gasteiger partial charge in [0.25, 0.3) is 0 Å². The number of benzene rings is 8. The second kappa shape index (κ2) is 10.9. The molecule has 0 amide bonds. The number of fused-ring (bicyclic) bond motifs is 24. The predicted molar refractivity (Wildman–Crippen MR) is 233 cm³/mol. The molecule has 5 aromatic heterocycles. The van der Waals surface area contributed by atoms with E-state index in [1.165, 1.54) is 0 Å². The van der Waals surface area contributed by atoms with Gasteiger partial charge in [0, 0.05) is 43.1 Å². The van der Waals surface area contributed by atoms with Crippen molar-refractivity contribution >= 4 is 131 Å². The van der Waals surface area contributed by atoms with Gasteiger partial charge < -0.3 is 29.9 Å². The summed E-state index contributed by atoms with van der Waals surface area (Å²) < 4.78 is 0. The van der Waals surface area contributed by atoms with Gasteiger partial charge in [0.1, 0.15) is 45.2 Å². The lowest BCUT2D eigenvalue weighted by molar-refractivity contribution is 1.28. The molecule has 0 spiro atoms. The number of nitrogens with zero attached hydrogens (tertiary/aromatic N) is 2. The van der Waals surface area contributed by atoms with E-state index in [4.69, 9.17) is 9.97 Å². The van der Waals surface area contributed by atoms with Crippen LogP contribution in [0, 0.1) is 0 Å². The van der Waals surface area contributed by atoms with Gasteiger partial charge in [-0.2, -0.15) is 0 Å². The van der Waals surface area contributed by atoms with Gasteiger partial charge in [0.05, 0.1) is 0 Å². The molecule has 0 fully saturated rings. The minimum atomic E-state index is 0.734. The largest absolute Gasteiger partial charge is 0.327 e. The number of H-pyrrole nitrogens is 6. The van der Waals surface area contributed by atoms with Crippen LogP contribution in [0.3, 0.4) is 0 Å². The zero-order chi connectivity index (χ0) is 36.5. The molecule has 0 unspecified atom stereocenters. The minimum Gasteiger partial charge on any atom is -0.327 e. The Morgan fingerprint density at radius 1 is 0.232 bits per heavy atom. The summed E-state index contributed by atoms with van der Waals surface area (Å²) >= 11 is 0. The molecule has 0 saturated carbocycles. The van der Waals surface area contributed by atoms with Crippen molar-refractivity contribution in [3.63, 3.8) is 0 Å². The lowest BCUT2D eigenvalue weighted by atomic mass is 10.1. The molecule has 0 aliphatic rings. The Labute approximate surface area is 315 Å². The van der Waals surface area contributed by atoms with Crippen molar-refractivity contribution in [1.82, 2.24) is 39.9 Å². The molecule has 0 radical (unpaired) electrons. The fourth-order valence-electron chi connectivity index (χ4n) is 8.81.